The summed E-state index contributed by atoms with van der Waals surface area (Å²) in [5, 5.41) is 0. The monoisotopic (exact) mass is 329 g/mol. The zero-order valence-electron chi connectivity index (χ0n) is 12.4. The van der Waals surface area contributed by atoms with Gasteiger partial charge >= 0.3 is 0 Å². The van der Waals surface area contributed by atoms with Crippen molar-refractivity contribution in [3.05, 3.63) is 59.9 Å². The Morgan fingerprint density at radius 3 is 3.00 bits per heavy atom. The molecule has 1 saturated heterocycles. The minimum absolute atomic E-state index is 0.0881. The summed E-state index contributed by atoms with van der Waals surface area (Å²) in [5.41, 5.74) is 2.37. The average Bonchev–Trinajstić information content (AvgIpc) is 3.22. The predicted molar refractivity (Wildman–Crippen MR) is 83.5 cm³/mol. The van der Waals surface area contributed by atoms with E-state index in [0.29, 0.717) is 12.0 Å². The van der Waals surface area contributed by atoms with Crippen molar-refractivity contribution in [2.24, 2.45) is 0 Å². The van der Waals surface area contributed by atoms with Gasteiger partial charge in [0.25, 0.3) is 0 Å². The second-order valence-corrected chi connectivity index (χ2v) is 5.53. The third-order valence-corrected chi connectivity index (χ3v) is 4.19. The first kappa shape index (κ1) is 14.8. The van der Waals surface area contributed by atoms with Gasteiger partial charge in [-0.3, -0.25) is 4.79 Å². The molecule has 0 saturated carbocycles. The zero-order valence-corrected chi connectivity index (χ0v) is 12.4. The molecule has 0 aliphatic carbocycles. The van der Waals surface area contributed by atoms with Crippen molar-refractivity contribution in [3.8, 4) is 0 Å². The van der Waals surface area contributed by atoms with Crippen LogP contribution in [0.3, 0.4) is 0 Å². The van der Waals surface area contributed by atoms with Gasteiger partial charge in [0, 0.05) is 11.3 Å². The summed E-state index contributed by atoms with van der Waals surface area (Å²) in [6.45, 7) is 0.0881. The summed E-state index contributed by atoms with van der Waals surface area (Å²) in [7, 11) is 0. The molecule has 1 aliphatic rings. The van der Waals surface area contributed by atoms with E-state index in [1.54, 1.807) is 29.4 Å². The first-order valence-electron chi connectivity index (χ1n) is 7.41. The quantitative estimate of drug-likeness (QED) is 0.751. The van der Waals surface area contributed by atoms with E-state index in [1.165, 1.54) is 12.1 Å². The number of imidazole rings is 1. The van der Waals surface area contributed by atoms with Crippen molar-refractivity contribution in [2.45, 2.75) is 12.3 Å². The van der Waals surface area contributed by atoms with E-state index >= 15 is 0 Å². The van der Waals surface area contributed by atoms with Gasteiger partial charge in [-0.1, -0.05) is 12.1 Å². The van der Waals surface area contributed by atoms with E-state index in [9.17, 15) is 13.6 Å². The number of fused-ring (bicyclic) bond motifs is 1. The molecule has 7 heteroatoms. The summed E-state index contributed by atoms with van der Waals surface area (Å²) in [6, 6.07) is 8.78. The topological polar surface area (TPSA) is 58.2 Å². The van der Waals surface area contributed by atoms with Gasteiger partial charge in [-0.05, 0) is 24.3 Å². The molecular formula is C17H13F2N3O2. The van der Waals surface area contributed by atoms with E-state index in [4.69, 9.17) is 4.74 Å². The number of nitrogens with zero attached hydrogens (tertiary/aromatic N) is 2. The predicted octanol–water partition coefficient (Wildman–Crippen LogP) is 2.94. The normalized spacial score (nSPS) is 20.7. The molecule has 122 valence electrons. The molecule has 0 radical (unpaired) electrons. The maximum atomic E-state index is 14.2. The van der Waals surface area contributed by atoms with Gasteiger partial charge in [-0.25, -0.2) is 13.8 Å². The van der Waals surface area contributed by atoms with Gasteiger partial charge in [0.05, 0.1) is 30.0 Å². The Kier molecular flexibility index (Phi) is 3.50. The highest BCUT2D eigenvalue weighted by Crippen LogP contribution is 2.37. The van der Waals surface area contributed by atoms with Gasteiger partial charge in [0.1, 0.15) is 0 Å². The lowest BCUT2D eigenvalue weighted by Gasteiger charge is -2.28. The fourth-order valence-corrected chi connectivity index (χ4v) is 3.06. The largest absolute Gasteiger partial charge is 0.349 e. The van der Waals surface area contributed by atoms with Gasteiger partial charge in [-0.15, -0.1) is 0 Å². The fraction of sp³-hybridized carbons (Fsp3) is 0.176. The number of rotatable bonds is 3. The van der Waals surface area contributed by atoms with Crippen molar-refractivity contribution >= 4 is 23.0 Å². The van der Waals surface area contributed by atoms with E-state index in [-0.39, 0.29) is 12.2 Å². The Morgan fingerprint density at radius 1 is 1.29 bits per heavy atom. The summed E-state index contributed by atoms with van der Waals surface area (Å²) < 4.78 is 33.3. The molecule has 4 rings (SSSR count). The molecule has 1 aromatic heterocycles. The highest BCUT2D eigenvalue weighted by Gasteiger charge is 2.37. The Morgan fingerprint density at radius 2 is 2.17 bits per heavy atom. The number of H-pyrrole nitrogens is 1. The number of nitrogens with one attached hydrogen (secondary N) is 1. The molecule has 24 heavy (non-hydrogen) atoms. The molecule has 2 unspecified atom stereocenters. The molecule has 2 heterocycles. The van der Waals surface area contributed by atoms with Crippen LogP contribution in [-0.2, 0) is 9.53 Å². The van der Waals surface area contributed by atoms with Crippen molar-refractivity contribution in [2.75, 3.05) is 11.5 Å². The Balaban J connectivity index is 1.81. The van der Waals surface area contributed by atoms with Crippen LogP contribution in [-0.4, -0.2) is 29.1 Å². The number of hydrogen-bond acceptors (Lipinski definition) is 4. The van der Waals surface area contributed by atoms with E-state index in [1.807, 2.05) is 0 Å². The number of aromatic nitrogens is 2. The molecule has 1 fully saturated rings. The van der Waals surface area contributed by atoms with E-state index in [0.717, 1.165) is 17.1 Å². The third kappa shape index (κ3) is 2.25. The number of carbonyl (C=O) groups is 1. The number of halogens is 2. The highest BCUT2D eigenvalue weighted by atomic mass is 19.2. The Hall–Kier alpha value is -2.80. The molecule has 0 amide bonds. The summed E-state index contributed by atoms with van der Waals surface area (Å²) in [4.78, 5) is 20.2. The van der Waals surface area contributed by atoms with Crippen molar-refractivity contribution < 1.29 is 18.3 Å². The zero-order chi connectivity index (χ0) is 16.7. The second-order valence-electron chi connectivity index (χ2n) is 5.53. The molecule has 5 nitrogen and oxygen atoms in total. The molecule has 2 aromatic carbocycles. The van der Waals surface area contributed by atoms with Crippen LogP contribution < -0.4 is 4.90 Å². The number of ether oxygens (including phenoxy) is 1. The number of aromatic amines is 1. The SMILES string of the molecule is O=CC1OCC(c2cccc(F)c2F)N1c1ccc2nc[nH]c2c1. The van der Waals surface area contributed by atoms with Gasteiger partial charge in [-0.2, -0.15) is 0 Å². The minimum Gasteiger partial charge on any atom is -0.349 e. The summed E-state index contributed by atoms with van der Waals surface area (Å²) in [6.07, 6.45) is 1.35. The van der Waals surface area contributed by atoms with Crippen LogP contribution in [0, 0.1) is 11.6 Å². The second kappa shape index (κ2) is 5.68. The van der Waals surface area contributed by atoms with Crippen LogP contribution >= 0.6 is 0 Å². The Labute approximate surface area is 135 Å². The standard InChI is InChI=1S/C17H13F2N3O2/c18-12-3-1-2-11(17(12)19)15-8-24-16(7-23)22(15)10-4-5-13-14(6-10)21-9-20-13/h1-7,9,15-16H,8H2,(H,20,21). The van der Waals surface area contributed by atoms with Gasteiger partial charge in [0.15, 0.2) is 24.1 Å². The first-order chi connectivity index (χ1) is 11.7. The smallest absolute Gasteiger partial charge is 0.187 e. The van der Waals surface area contributed by atoms with E-state index in [2.05, 4.69) is 9.97 Å². The van der Waals surface area contributed by atoms with Crippen LogP contribution in [0.1, 0.15) is 11.6 Å². The average molecular weight is 329 g/mol. The molecule has 1 N–H and O–H groups in total. The number of aldehydes is 1. The number of anilines is 1. The number of hydrogen-bond donors (Lipinski definition) is 1. The maximum Gasteiger partial charge on any atom is 0.187 e. The maximum absolute atomic E-state index is 14.2. The van der Waals surface area contributed by atoms with Crippen LogP contribution in [0.5, 0.6) is 0 Å². The number of carbonyl (C=O) groups excluding carboxylic acids is 1. The highest BCUT2D eigenvalue weighted by molar-refractivity contribution is 5.80. The van der Waals surface area contributed by atoms with E-state index < -0.39 is 23.9 Å². The molecule has 3 aromatic rings. The first-order valence-corrected chi connectivity index (χ1v) is 7.41. The lowest BCUT2D eigenvalue weighted by atomic mass is 10.0. The van der Waals surface area contributed by atoms with Gasteiger partial charge < -0.3 is 14.6 Å². The van der Waals surface area contributed by atoms with Crippen molar-refractivity contribution in [1.29, 1.82) is 0 Å². The molecule has 0 spiro atoms. The lowest BCUT2D eigenvalue weighted by Crippen LogP contribution is -2.33. The molecule has 1 aliphatic heterocycles. The van der Waals surface area contributed by atoms with Crippen LogP contribution in [0.2, 0.25) is 0 Å². The fourth-order valence-electron chi connectivity index (χ4n) is 3.06. The summed E-state index contributed by atoms with van der Waals surface area (Å²) >= 11 is 0. The van der Waals surface area contributed by atoms with Gasteiger partial charge in [0.2, 0.25) is 0 Å². The van der Waals surface area contributed by atoms with Crippen LogP contribution in [0.4, 0.5) is 14.5 Å². The number of benzene rings is 2. The minimum atomic E-state index is -0.926. The molecule has 2 atom stereocenters. The van der Waals surface area contributed by atoms with Crippen molar-refractivity contribution in [3.63, 3.8) is 0 Å². The third-order valence-electron chi connectivity index (χ3n) is 4.19. The van der Waals surface area contributed by atoms with Crippen LogP contribution in [0.25, 0.3) is 11.0 Å². The van der Waals surface area contributed by atoms with Crippen LogP contribution in [0.15, 0.2) is 42.7 Å². The Bertz CT molecular complexity index is 912. The summed E-state index contributed by atoms with van der Waals surface area (Å²) in [5.74, 6) is -1.85. The van der Waals surface area contributed by atoms with Crippen molar-refractivity contribution in [1.82, 2.24) is 9.97 Å². The lowest BCUT2D eigenvalue weighted by molar-refractivity contribution is -0.115. The molecular weight excluding hydrogens is 316 g/mol. The molecule has 0 bridgehead atoms.